The van der Waals surface area contributed by atoms with E-state index in [0.29, 0.717) is 5.75 Å². The molecule has 23 heavy (non-hydrogen) atoms. The first-order valence-electron chi connectivity index (χ1n) is 7.78. The monoisotopic (exact) mass is 329 g/mol. The number of rotatable bonds is 6. The number of hydrogen-bond acceptors (Lipinski definition) is 3. The molecule has 0 aromatic heterocycles. The molecular formula is C19H23NO2S. The number of ether oxygens (including phenoxy) is 1. The fourth-order valence-corrected chi connectivity index (χ4v) is 2.89. The minimum Gasteiger partial charge on any atom is -0.481 e. The van der Waals surface area contributed by atoms with Crippen LogP contribution in [0.5, 0.6) is 5.75 Å². The van der Waals surface area contributed by atoms with E-state index in [1.165, 1.54) is 5.56 Å². The van der Waals surface area contributed by atoms with Crippen molar-refractivity contribution in [1.82, 2.24) is 0 Å². The Balaban J connectivity index is 2.04. The van der Waals surface area contributed by atoms with E-state index in [4.69, 9.17) is 4.74 Å². The van der Waals surface area contributed by atoms with Crippen LogP contribution < -0.4 is 10.1 Å². The zero-order chi connectivity index (χ0) is 16.8. The molecule has 2 aromatic rings. The Labute approximate surface area is 142 Å². The summed E-state index contributed by atoms with van der Waals surface area (Å²) >= 11 is 1.71. The minimum atomic E-state index is -0.559. The molecule has 0 saturated carbocycles. The van der Waals surface area contributed by atoms with Gasteiger partial charge in [-0.2, -0.15) is 0 Å². The second-order valence-corrected chi connectivity index (χ2v) is 6.73. The van der Waals surface area contributed by atoms with Gasteiger partial charge in [0, 0.05) is 4.90 Å². The molecule has 0 aliphatic heterocycles. The number of benzene rings is 2. The van der Waals surface area contributed by atoms with Crippen LogP contribution in [-0.2, 0) is 4.79 Å². The average molecular weight is 329 g/mol. The lowest BCUT2D eigenvalue weighted by atomic mass is 10.1. The van der Waals surface area contributed by atoms with Gasteiger partial charge in [-0.3, -0.25) is 4.79 Å². The normalized spacial score (nSPS) is 11.8. The van der Waals surface area contributed by atoms with E-state index in [1.807, 2.05) is 49.4 Å². The molecule has 0 aliphatic carbocycles. The highest BCUT2D eigenvalue weighted by Gasteiger charge is 2.16. The van der Waals surface area contributed by atoms with Crippen LogP contribution in [0.3, 0.4) is 0 Å². The third-order valence-electron chi connectivity index (χ3n) is 3.61. The van der Waals surface area contributed by atoms with E-state index in [2.05, 4.69) is 19.2 Å². The number of anilines is 1. The standard InChI is InChI=1S/C19H23NO2S/c1-5-23-18-9-7-6-8-17(18)20-19(21)15(4)22-16-11-10-13(2)14(3)12-16/h6-12,15H,5H2,1-4H3,(H,20,21)/t15-/m0/s1. The summed E-state index contributed by atoms with van der Waals surface area (Å²) in [5.41, 5.74) is 3.19. The molecule has 0 fully saturated rings. The van der Waals surface area contributed by atoms with E-state index < -0.39 is 6.10 Å². The molecule has 3 nitrogen and oxygen atoms in total. The van der Waals surface area contributed by atoms with Crippen molar-refractivity contribution >= 4 is 23.4 Å². The molecule has 0 radical (unpaired) electrons. The van der Waals surface area contributed by atoms with Gasteiger partial charge in [0.1, 0.15) is 5.75 Å². The van der Waals surface area contributed by atoms with Gasteiger partial charge in [0.25, 0.3) is 5.91 Å². The van der Waals surface area contributed by atoms with Gasteiger partial charge >= 0.3 is 0 Å². The van der Waals surface area contributed by atoms with Crippen molar-refractivity contribution in [2.24, 2.45) is 0 Å². The first-order valence-corrected chi connectivity index (χ1v) is 8.76. The third-order valence-corrected chi connectivity index (χ3v) is 4.56. The molecule has 0 heterocycles. The summed E-state index contributed by atoms with van der Waals surface area (Å²) in [6.45, 7) is 7.94. The average Bonchev–Trinajstić information content (AvgIpc) is 2.53. The predicted molar refractivity (Wildman–Crippen MR) is 97.5 cm³/mol. The fourth-order valence-electron chi connectivity index (χ4n) is 2.13. The van der Waals surface area contributed by atoms with Gasteiger partial charge in [-0.05, 0) is 61.9 Å². The zero-order valence-corrected chi connectivity index (χ0v) is 14.9. The van der Waals surface area contributed by atoms with Crippen molar-refractivity contribution in [3.05, 3.63) is 53.6 Å². The van der Waals surface area contributed by atoms with Crippen LogP contribution in [-0.4, -0.2) is 17.8 Å². The molecule has 122 valence electrons. The van der Waals surface area contributed by atoms with E-state index in [0.717, 1.165) is 21.9 Å². The van der Waals surface area contributed by atoms with Crippen LogP contribution in [0.25, 0.3) is 0 Å². The van der Waals surface area contributed by atoms with Crippen LogP contribution in [0, 0.1) is 13.8 Å². The summed E-state index contributed by atoms with van der Waals surface area (Å²) in [6.07, 6.45) is -0.559. The SMILES string of the molecule is CCSc1ccccc1NC(=O)[C@H](C)Oc1ccc(C)c(C)c1. The highest BCUT2D eigenvalue weighted by Crippen LogP contribution is 2.27. The van der Waals surface area contributed by atoms with E-state index in [1.54, 1.807) is 18.7 Å². The van der Waals surface area contributed by atoms with E-state index in [9.17, 15) is 4.79 Å². The number of para-hydroxylation sites is 1. The lowest BCUT2D eigenvalue weighted by Crippen LogP contribution is -2.30. The molecular weight excluding hydrogens is 306 g/mol. The van der Waals surface area contributed by atoms with Crippen LogP contribution in [0.2, 0.25) is 0 Å². The molecule has 0 spiro atoms. The maximum atomic E-state index is 12.4. The summed E-state index contributed by atoms with van der Waals surface area (Å²) in [7, 11) is 0. The minimum absolute atomic E-state index is 0.146. The molecule has 2 aromatic carbocycles. The van der Waals surface area contributed by atoms with Gasteiger partial charge in [0.15, 0.2) is 6.10 Å². The van der Waals surface area contributed by atoms with Gasteiger partial charge in [0.05, 0.1) is 5.69 Å². The van der Waals surface area contributed by atoms with Gasteiger partial charge in [-0.1, -0.05) is 25.1 Å². The largest absolute Gasteiger partial charge is 0.481 e. The second-order valence-electron chi connectivity index (χ2n) is 5.42. The van der Waals surface area contributed by atoms with Crippen molar-refractivity contribution in [3.63, 3.8) is 0 Å². The van der Waals surface area contributed by atoms with Crippen molar-refractivity contribution < 1.29 is 9.53 Å². The summed E-state index contributed by atoms with van der Waals surface area (Å²) in [5.74, 6) is 1.53. The van der Waals surface area contributed by atoms with E-state index in [-0.39, 0.29) is 5.91 Å². The first-order chi connectivity index (χ1) is 11.0. The Morgan fingerprint density at radius 3 is 2.61 bits per heavy atom. The molecule has 4 heteroatoms. The van der Waals surface area contributed by atoms with Gasteiger partial charge in [0.2, 0.25) is 0 Å². The summed E-state index contributed by atoms with van der Waals surface area (Å²) < 4.78 is 5.77. The maximum absolute atomic E-state index is 12.4. The molecule has 1 atom stereocenters. The maximum Gasteiger partial charge on any atom is 0.265 e. The number of aryl methyl sites for hydroxylation is 2. The highest BCUT2D eigenvalue weighted by atomic mass is 32.2. The molecule has 0 saturated heterocycles. The van der Waals surface area contributed by atoms with Gasteiger partial charge in [-0.15, -0.1) is 11.8 Å². The number of hydrogen-bond donors (Lipinski definition) is 1. The Morgan fingerprint density at radius 1 is 1.17 bits per heavy atom. The van der Waals surface area contributed by atoms with Crippen LogP contribution in [0.15, 0.2) is 47.4 Å². The number of carbonyl (C=O) groups is 1. The Hall–Kier alpha value is -1.94. The van der Waals surface area contributed by atoms with Crippen LogP contribution in [0.4, 0.5) is 5.69 Å². The molecule has 1 amide bonds. The molecule has 0 bridgehead atoms. The van der Waals surface area contributed by atoms with Crippen molar-refractivity contribution in [2.45, 2.75) is 38.7 Å². The topological polar surface area (TPSA) is 38.3 Å². The van der Waals surface area contributed by atoms with Gasteiger partial charge in [-0.25, -0.2) is 0 Å². The van der Waals surface area contributed by atoms with E-state index >= 15 is 0 Å². The number of thioether (sulfide) groups is 1. The quantitative estimate of drug-likeness (QED) is 0.772. The Kier molecular flexibility index (Phi) is 6.11. The van der Waals surface area contributed by atoms with Crippen molar-refractivity contribution in [3.8, 4) is 5.75 Å². The molecule has 1 N–H and O–H groups in total. The Morgan fingerprint density at radius 2 is 1.91 bits per heavy atom. The van der Waals surface area contributed by atoms with Crippen molar-refractivity contribution in [2.75, 3.05) is 11.1 Å². The highest BCUT2D eigenvalue weighted by molar-refractivity contribution is 7.99. The van der Waals surface area contributed by atoms with Gasteiger partial charge < -0.3 is 10.1 Å². The fraction of sp³-hybridized carbons (Fsp3) is 0.316. The number of amides is 1. The second kappa shape index (κ2) is 8.06. The molecule has 2 rings (SSSR count). The summed E-state index contributed by atoms with van der Waals surface area (Å²) in [5, 5.41) is 2.96. The zero-order valence-electron chi connectivity index (χ0n) is 14.1. The summed E-state index contributed by atoms with van der Waals surface area (Å²) in [6, 6.07) is 13.7. The lowest BCUT2D eigenvalue weighted by Gasteiger charge is -2.17. The Bertz CT molecular complexity index is 685. The molecule has 0 unspecified atom stereocenters. The third kappa shape index (κ3) is 4.76. The predicted octanol–water partition coefficient (Wildman–Crippen LogP) is 4.82. The number of carbonyl (C=O) groups excluding carboxylic acids is 1. The number of nitrogens with one attached hydrogen (secondary N) is 1. The molecule has 0 aliphatic rings. The lowest BCUT2D eigenvalue weighted by molar-refractivity contribution is -0.122. The smallest absolute Gasteiger partial charge is 0.265 e. The van der Waals surface area contributed by atoms with Crippen LogP contribution in [0.1, 0.15) is 25.0 Å². The first kappa shape index (κ1) is 17.4. The summed E-state index contributed by atoms with van der Waals surface area (Å²) in [4.78, 5) is 13.5. The van der Waals surface area contributed by atoms with Crippen LogP contribution >= 0.6 is 11.8 Å². The van der Waals surface area contributed by atoms with Crippen molar-refractivity contribution in [1.29, 1.82) is 0 Å².